The summed E-state index contributed by atoms with van der Waals surface area (Å²) in [5.41, 5.74) is 4.37. The lowest BCUT2D eigenvalue weighted by atomic mass is 10.1. The van der Waals surface area contributed by atoms with Crippen LogP contribution in [0, 0.1) is 19.8 Å². The van der Waals surface area contributed by atoms with E-state index in [0.717, 1.165) is 22.6 Å². The Labute approximate surface area is 187 Å². The highest BCUT2D eigenvalue weighted by molar-refractivity contribution is 5.97. The van der Waals surface area contributed by atoms with Crippen molar-refractivity contribution < 1.29 is 9.59 Å². The van der Waals surface area contributed by atoms with Crippen molar-refractivity contribution in [2.45, 2.75) is 33.2 Å². The second-order valence-corrected chi connectivity index (χ2v) is 8.20. The van der Waals surface area contributed by atoms with E-state index in [1.807, 2.05) is 81.4 Å². The van der Waals surface area contributed by atoms with Crippen molar-refractivity contribution in [1.29, 1.82) is 0 Å². The van der Waals surface area contributed by atoms with Crippen LogP contribution in [0.1, 0.15) is 36.3 Å². The van der Waals surface area contributed by atoms with E-state index in [1.165, 1.54) is 0 Å². The molecule has 3 aromatic rings. The zero-order valence-electron chi connectivity index (χ0n) is 18.5. The van der Waals surface area contributed by atoms with Crippen LogP contribution in [0.4, 0.5) is 17.3 Å². The third-order valence-corrected chi connectivity index (χ3v) is 5.67. The van der Waals surface area contributed by atoms with E-state index in [2.05, 4.69) is 20.6 Å². The fourth-order valence-corrected chi connectivity index (χ4v) is 3.99. The molecule has 2 N–H and O–H groups in total. The zero-order chi connectivity index (χ0) is 22.7. The maximum atomic E-state index is 12.8. The number of hydrogen-bond acceptors (Lipinski definition) is 5. The molecular weight excluding hydrogens is 402 g/mol. The van der Waals surface area contributed by atoms with E-state index in [4.69, 9.17) is 0 Å². The summed E-state index contributed by atoms with van der Waals surface area (Å²) in [6, 6.07) is 19.1. The minimum atomic E-state index is -0.366. The van der Waals surface area contributed by atoms with Gasteiger partial charge in [-0.3, -0.25) is 9.59 Å². The van der Waals surface area contributed by atoms with E-state index in [9.17, 15) is 9.59 Å². The molecule has 1 fully saturated rings. The lowest BCUT2D eigenvalue weighted by molar-refractivity contribution is -0.129. The van der Waals surface area contributed by atoms with Gasteiger partial charge in [-0.1, -0.05) is 30.3 Å². The molecule has 2 unspecified atom stereocenters. The molecule has 1 saturated heterocycles. The lowest BCUT2D eigenvalue weighted by Crippen LogP contribution is -2.30. The summed E-state index contributed by atoms with van der Waals surface area (Å²) in [7, 11) is 0. The molecule has 1 aliphatic rings. The first-order valence-corrected chi connectivity index (χ1v) is 10.7. The number of rotatable bonds is 6. The third-order valence-electron chi connectivity index (χ3n) is 5.67. The minimum Gasteiger partial charge on any atom is -0.335 e. The summed E-state index contributed by atoms with van der Waals surface area (Å²) in [5.74, 6) is 0.0421. The molecule has 164 valence electrons. The standard InChI is InChI=1S/C25H27N5O2/c1-16-13-17(2)27-25(26-16)29-22-11-9-21(10-12-22)28-24(32)20-14-23(31)30(15-20)18(3)19-7-5-4-6-8-19/h4-13,18,20H,14-15H2,1-3H3,(H,28,32)(H,26,27,29). The minimum absolute atomic E-state index is 0.00880. The fraction of sp³-hybridized carbons (Fsp3) is 0.280. The molecule has 1 aliphatic heterocycles. The second kappa shape index (κ2) is 9.18. The number of carbonyl (C=O) groups excluding carboxylic acids is 2. The van der Waals surface area contributed by atoms with Gasteiger partial charge in [0.15, 0.2) is 0 Å². The number of benzene rings is 2. The number of nitrogens with zero attached hydrogens (tertiary/aromatic N) is 3. The van der Waals surface area contributed by atoms with Crippen molar-refractivity contribution in [3.8, 4) is 0 Å². The fourth-order valence-electron chi connectivity index (χ4n) is 3.99. The number of carbonyl (C=O) groups is 2. The molecule has 0 bridgehead atoms. The number of nitrogens with one attached hydrogen (secondary N) is 2. The van der Waals surface area contributed by atoms with Crippen LogP contribution in [0.3, 0.4) is 0 Å². The Bertz CT molecular complexity index is 1090. The molecule has 2 heterocycles. The normalized spacial score (nSPS) is 16.7. The molecule has 2 aromatic carbocycles. The van der Waals surface area contributed by atoms with Gasteiger partial charge in [-0.15, -0.1) is 0 Å². The Morgan fingerprint density at radius 3 is 2.28 bits per heavy atom. The summed E-state index contributed by atoms with van der Waals surface area (Å²) >= 11 is 0. The van der Waals surface area contributed by atoms with Gasteiger partial charge in [-0.2, -0.15) is 0 Å². The van der Waals surface area contributed by atoms with E-state index < -0.39 is 0 Å². The number of aryl methyl sites for hydroxylation is 2. The van der Waals surface area contributed by atoms with Gasteiger partial charge in [0, 0.05) is 35.7 Å². The molecule has 1 aromatic heterocycles. The van der Waals surface area contributed by atoms with E-state index in [-0.39, 0.29) is 30.2 Å². The molecule has 7 nitrogen and oxygen atoms in total. The number of aromatic nitrogens is 2. The van der Waals surface area contributed by atoms with Crippen molar-refractivity contribution in [2.75, 3.05) is 17.2 Å². The first-order valence-electron chi connectivity index (χ1n) is 10.7. The second-order valence-electron chi connectivity index (χ2n) is 8.20. The van der Waals surface area contributed by atoms with Gasteiger partial charge < -0.3 is 15.5 Å². The van der Waals surface area contributed by atoms with Crippen LogP contribution in [-0.4, -0.2) is 33.2 Å². The predicted molar refractivity (Wildman–Crippen MR) is 125 cm³/mol. The summed E-state index contributed by atoms with van der Waals surface area (Å²) in [6.07, 6.45) is 0.229. The average molecular weight is 430 g/mol. The van der Waals surface area contributed by atoms with Crippen LogP contribution in [0.5, 0.6) is 0 Å². The quantitative estimate of drug-likeness (QED) is 0.607. The number of hydrogen-bond donors (Lipinski definition) is 2. The molecule has 0 radical (unpaired) electrons. The first-order chi connectivity index (χ1) is 15.4. The number of amides is 2. The van der Waals surface area contributed by atoms with Gasteiger partial charge in [0.25, 0.3) is 0 Å². The molecule has 0 spiro atoms. The average Bonchev–Trinajstić information content (AvgIpc) is 3.16. The van der Waals surface area contributed by atoms with Crippen molar-refractivity contribution >= 4 is 29.1 Å². The van der Waals surface area contributed by atoms with Crippen LogP contribution < -0.4 is 10.6 Å². The van der Waals surface area contributed by atoms with Crippen LogP contribution in [0.2, 0.25) is 0 Å². The maximum absolute atomic E-state index is 12.8. The van der Waals surface area contributed by atoms with Gasteiger partial charge >= 0.3 is 0 Å². The SMILES string of the molecule is Cc1cc(C)nc(Nc2ccc(NC(=O)C3CC(=O)N(C(C)c4ccccc4)C3)cc2)n1. The molecule has 32 heavy (non-hydrogen) atoms. The number of anilines is 3. The molecule has 4 rings (SSSR count). The molecule has 2 amide bonds. The monoisotopic (exact) mass is 429 g/mol. The highest BCUT2D eigenvalue weighted by Gasteiger charge is 2.37. The third kappa shape index (κ3) is 4.94. The number of likely N-dealkylation sites (tertiary alicyclic amines) is 1. The topological polar surface area (TPSA) is 87.2 Å². The predicted octanol–water partition coefficient (Wildman–Crippen LogP) is 4.39. The van der Waals surface area contributed by atoms with Crippen molar-refractivity contribution in [1.82, 2.24) is 14.9 Å². The summed E-state index contributed by atoms with van der Waals surface area (Å²) in [6.45, 7) is 6.27. The molecule has 0 aliphatic carbocycles. The van der Waals surface area contributed by atoms with E-state index in [1.54, 1.807) is 4.90 Å². The highest BCUT2D eigenvalue weighted by Crippen LogP contribution is 2.29. The van der Waals surface area contributed by atoms with E-state index >= 15 is 0 Å². The molecule has 0 saturated carbocycles. The van der Waals surface area contributed by atoms with Crippen LogP contribution >= 0.6 is 0 Å². The highest BCUT2D eigenvalue weighted by atomic mass is 16.2. The largest absolute Gasteiger partial charge is 0.335 e. The zero-order valence-corrected chi connectivity index (χ0v) is 18.5. The Balaban J connectivity index is 1.36. The van der Waals surface area contributed by atoms with Gasteiger partial charge in [0.1, 0.15) is 0 Å². The first kappa shape index (κ1) is 21.5. The van der Waals surface area contributed by atoms with Crippen molar-refractivity contribution in [3.63, 3.8) is 0 Å². The van der Waals surface area contributed by atoms with Crippen molar-refractivity contribution in [3.05, 3.63) is 77.6 Å². The Kier molecular flexibility index (Phi) is 6.16. The Morgan fingerprint density at radius 2 is 1.62 bits per heavy atom. The molecular formula is C25H27N5O2. The molecule has 2 atom stereocenters. The summed E-state index contributed by atoms with van der Waals surface area (Å²) in [5, 5.41) is 6.11. The van der Waals surface area contributed by atoms with Gasteiger partial charge in [-0.05, 0) is 56.7 Å². The van der Waals surface area contributed by atoms with Gasteiger partial charge in [0.05, 0.1) is 12.0 Å². The van der Waals surface area contributed by atoms with Crippen LogP contribution in [-0.2, 0) is 9.59 Å². The lowest BCUT2D eigenvalue weighted by Gasteiger charge is -2.25. The Hall–Kier alpha value is -3.74. The van der Waals surface area contributed by atoms with Crippen molar-refractivity contribution in [2.24, 2.45) is 5.92 Å². The van der Waals surface area contributed by atoms with Crippen LogP contribution in [0.25, 0.3) is 0 Å². The smallest absolute Gasteiger partial charge is 0.229 e. The van der Waals surface area contributed by atoms with Crippen LogP contribution in [0.15, 0.2) is 60.7 Å². The van der Waals surface area contributed by atoms with E-state index in [0.29, 0.717) is 18.2 Å². The summed E-state index contributed by atoms with van der Waals surface area (Å²) < 4.78 is 0. The molecule has 7 heteroatoms. The Morgan fingerprint density at radius 1 is 1.00 bits per heavy atom. The summed E-state index contributed by atoms with van der Waals surface area (Å²) in [4.78, 5) is 35.9. The van der Waals surface area contributed by atoms with Gasteiger partial charge in [0.2, 0.25) is 17.8 Å². The van der Waals surface area contributed by atoms with Gasteiger partial charge in [-0.25, -0.2) is 9.97 Å². The maximum Gasteiger partial charge on any atom is 0.229 e.